The van der Waals surface area contributed by atoms with Gasteiger partial charge in [0.05, 0.1) is 6.42 Å². The van der Waals surface area contributed by atoms with Crippen LogP contribution >= 0.6 is 11.8 Å². The maximum absolute atomic E-state index is 11.6. The van der Waals surface area contributed by atoms with Crippen LogP contribution in [-0.2, 0) is 9.59 Å². The first-order valence-electron chi connectivity index (χ1n) is 7.47. The highest BCUT2D eigenvalue weighted by atomic mass is 32.2. The number of pyridine rings is 1. The molecule has 4 N–H and O–H groups in total. The van der Waals surface area contributed by atoms with Crippen molar-refractivity contribution in [1.29, 1.82) is 0 Å². The summed E-state index contributed by atoms with van der Waals surface area (Å²) in [6.07, 6.45) is 3.57. The zero-order valence-electron chi connectivity index (χ0n) is 13.0. The monoisotopic (exact) mass is 345 g/mol. The van der Waals surface area contributed by atoms with Crippen LogP contribution in [0.5, 0.6) is 0 Å². The van der Waals surface area contributed by atoms with Gasteiger partial charge in [-0.3, -0.25) is 14.6 Å². The van der Waals surface area contributed by atoms with Gasteiger partial charge in [0.1, 0.15) is 0 Å². The van der Waals surface area contributed by atoms with Gasteiger partial charge in [-0.25, -0.2) is 0 Å². The number of aliphatic carboxylic acids is 1. The largest absolute Gasteiger partial charge is 0.481 e. The molecule has 1 unspecified atom stereocenters. The zero-order valence-corrected chi connectivity index (χ0v) is 13.8. The molecular formula is C17H19N3O3S. The number of rotatable bonds is 8. The van der Waals surface area contributed by atoms with Gasteiger partial charge in [0.25, 0.3) is 0 Å². The van der Waals surface area contributed by atoms with E-state index in [1.165, 1.54) is 11.8 Å². The predicted octanol–water partition coefficient (Wildman–Crippen LogP) is 2.68. The standard InChI is InChI=1S/C17H19N3O3S/c18-7-6-16(21)20-13-4-1-5-14(9-13)24-15(10-17(22)23)12-3-2-8-19-11-12/h1-5,8-9,11,15H,6-7,10,18H2,(H,20,21)(H,22,23). The van der Waals surface area contributed by atoms with Crippen molar-refractivity contribution in [2.24, 2.45) is 5.73 Å². The molecule has 0 aliphatic heterocycles. The fourth-order valence-corrected chi connectivity index (χ4v) is 3.30. The number of hydrogen-bond donors (Lipinski definition) is 3. The number of carbonyl (C=O) groups is 2. The number of nitrogens with two attached hydrogens (primary N) is 1. The van der Waals surface area contributed by atoms with Crippen molar-refractivity contribution in [3.05, 3.63) is 54.4 Å². The van der Waals surface area contributed by atoms with Gasteiger partial charge >= 0.3 is 5.97 Å². The smallest absolute Gasteiger partial charge is 0.304 e. The number of nitrogens with zero attached hydrogens (tertiary/aromatic N) is 1. The minimum atomic E-state index is -0.872. The summed E-state index contributed by atoms with van der Waals surface area (Å²) in [5, 5.41) is 11.7. The first-order valence-corrected chi connectivity index (χ1v) is 8.35. The van der Waals surface area contributed by atoms with E-state index in [-0.39, 0.29) is 24.0 Å². The van der Waals surface area contributed by atoms with E-state index in [1.807, 2.05) is 24.3 Å². The lowest BCUT2D eigenvalue weighted by atomic mass is 10.1. The van der Waals surface area contributed by atoms with Crippen molar-refractivity contribution >= 4 is 29.3 Å². The van der Waals surface area contributed by atoms with Crippen molar-refractivity contribution in [3.8, 4) is 0 Å². The van der Waals surface area contributed by atoms with E-state index in [0.717, 1.165) is 10.5 Å². The highest BCUT2D eigenvalue weighted by molar-refractivity contribution is 7.99. The van der Waals surface area contributed by atoms with E-state index in [0.29, 0.717) is 12.2 Å². The predicted molar refractivity (Wildman–Crippen MR) is 93.8 cm³/mol. The molecule has 6 nitrogen and oxygen atoms in total. The van der Waals surface area contributed by atoms with E-state index in [1.54, 1.807) is 24.5 Å². The molecule has 0 saturated heterocycles. The third-order valence-corrected chi connectivity index (χ3v) is 4.43. The minimum Gasteiger partial charge on any atom is -0.481 e. The van der Waals surface area contributed by atoms with Crippen LogP contribution in [0.3, 0.4) is 0 Å². The molecule has 2 aromatic rings. The number of anilines is 1. The Morgan fingerprint density at radius 3 is 2.79 bits per heavy atom. The second kappa shape index (κ2) is 9.05. The highest BCUT2D eigenvalue weighted by Gasteiger charge is 2.17. The molecule has 24 heavy (non-hydrogen) atoms. The van der Waals surface area contributed by atoms with E-state index in [9.17, 15) is 9.59 Å². The number of nitrogens with one attached hydrogen (secondary N) is 1. The number of benzene rings is 1. The Balaban J connectivity index is 2.14. The molecule has 0 aliphatic carbocycles. The summed E-state index contributed by atoms with van der Waals surface area (Å²) < 4.78 is 0. The number of carboxylic acid groups (broad SMARTS) is 1. The summed E-state index contributed by atoms with van der Waals surface area (Å²) in [6.45, 7) is 0.294. The molecule has 2 rings (SSSR count). The van der Waals surface area contributed by atoms with Crippen LogP contribution in [0.15, 0.2) is 53.7 Å². The molecule has 0 spiro atoms. The SMILES string of the molecule is NCCC(=O)Nc1cccc(SC(CC(=O)O)c2cccnc2)c1. The summed E-state index contributed by atoms with van der Waals surface area (Å²) in [4.78, 5) is 27.7. The summed E-state index contributed by atoms with van der Waals surface area (Å²) in [7, 11) is 0. The highest BCUT2D eigenvalue weighted by Crippen LogP contribution is 2.38. The molecule has 0 fully saturated rings. The molecule has 7 heteroatoms. The third-order valence-electron chi connectivity index (χ3n) is 3.18. The summed E-state index contributed by atoms with van der Waals surface area (Å²) >= 11 is 1.43. The van der Waals surface area contributed by atoms with E-state index in [2.05, 4.69) is 10.3 Å². The van der Waals surface area contributed by atoms with Crippen LogP contribution in [0.25, 0.3) is 0 Å². The Kier molecular flexibility index (Phi) is 6.77. The van der Waals surface area contributed by atoms with Crippen molar-refractivity contribution in [2.45, 2.75) is 23.0 Å². The Morgan fingerprint density at radius 1 is 1.29 bits per heavy atom. The second-order valence-electron chi connectivity index (χ2n) is 5.11. The Bertz CT molecular complexity index is 694. The molecule has 0 saturated carbocycles. The molecule has 1 atom stereocenters. The van der Waals surface area contributed by atoms with Crippen LogP contribution in [-0.4, -0.2) is 28.5 Å². The second-order valence-corrected chi connectivity index (χ2v) is 6.38. The van der Waals surface area contributed by atoms with E-state index >= 15 is 0 Å². The zero-order chi connectivity index (χ0) is 17.4. The Hall–Kier alpha value is -2.38. The van der Waals surface area contributed by atoms with Gasteiger partial charge in [0.15, 0.2) is 0 Å². The Labute approximate surface area is 144 Å². The number of thioether (sulfide) groups is 1. The summed E-state index contributed by atoms with van der Waals surface area (Å²) in [5.74, 6) is -1.02. The summed E-state index contributed by atoms with van der Waals surface area (Å²) in [6, 6.07) is 11.0. The molecule has 0 radical (unpaired) electrons. The molecule has 0 bridgehead atoms. The lowest BCUT2D eigenvalue weighted by molar-refractivity contribution is -0.137. The van der Waals surface area contributed by atoms with Crippen molar-refractivity contribution in [3.63, 3.8) is 0 Å². The average molecular weight is 345 g/mol. The molecule has 1 aromatic carbocycles. The van der Waals surface area contributed by atoms with Gasteiger partial charge in [0.2, 0.25) is 5.91 Å². The topological polar surface area (TPSA) is 105 Å². The fourth-order valence-electron chi connectivity index (χ4n) is 2.12. The van der Waals surface area contributed by atoms with E-state index in [4.69, 9.17) is 10.8 Å². The van der Waals surface area contributed by atoms with Gasteiger partial charge in [0, 0.05) is 41.2 Å². The van der Waals surface area contributed by atoms with Gasteiger partial charge in [-0.05, 0) is 29.8 Å². The van der Waals surface area contributed by atoms with Gasteiger partial charge in [-0.15, -0.1) is 11.8 Å². The van der Waals surface area contributed by atoms with Crippen LogP contribution in [0.1, 0.15) is 23.7 Å². The van der Waals surface area contributed by atoms with Gasteiger partial charge < -0.3 is 16.2 Å². The average Bonchev–Trinajstić information content (AvgIpc) is 2.55. The molecule has 1 amide bonds. The molecule has 0 aliphatic rings. The Morgan fingerprint density at radius 2 is 2.12 bits per heavy atom. The first kappa shape index (κ1) is 18.0. The fraction of sp³-hybridized carbons (Fsp3) is 0.235. The van der Waals surface area contributed by atoms with Gasteiger partial charge in [-0.2, -0.15) is 0 Å². The minimum absolute atomic E-state index is 0.0138. The van der Waals surface area contributed by atoms with Crippen molar-refractivity contribution < 1.29 is 14.7 Å². The maximum atomic E-state index is 11.6. The van der Waals surface area contributed by atoms with Crippen molar-refractivity contribution in [2.75, 3.05) is 11.9 Å². The lowest BCUT2D eigenvalue weighted by Crippen LogP contribution is -2.16. The van der Waals surface area contributed by atoms with Crippen molar-refractivity contribution in [1.82, 2.24) is 4.98 Å². The maximum Gasteiger partial charge on any atom is 0.304 e. The van der Waals surface area contributed by atoms with Gasteiger partial charge in [-0.1, -0.05) is 12.1 Å². The van der Waals surface area contributed by atoms with Crippen LogP contribution in [0.2, 0.25) is 0 Å². The number of carboxylic acids is 1. The quantitative estimate of drug-likeness (QED) is 0.635. The normalized spacial score (nSPS) is 11.7. The number of hydrogen-bond acceptors (Lipinski definition) is 5. The lowest BCUT2D eigenvalue weighted by Gasteiger charge is -2.15. The van der Waals surface area contributed by atoms with Crippen LogP contribution in [0, 0.1) is 0 Å². The third kappa shape index (κ3) is 5.68. The van der Waals surface area contributed by atoms with Crippen LogP contribution < -0.4 is 11.1 Å². The van der Waals surface area contributed by atoms with Crippen LogP contribution in [0.4, 0.5) is 5.69 Å². The molecular weight excluding hydrogens is 326 g/mol. The molecule has 1 aromatic heterocycles. The number of carbonyl (C=O) groups excluding carboxylic acids is 1. The van der Waals surface area contributed by atoms with E-state index < -0.39 is 5.97 Å². The summed E-state index contributed by atoms with van der Waals surface area (Å²) in [5.41, 5.74) is 6.88. The number of amides is 1. The number of aromatic nitrogens is 1. The molecule has 126 valence electrons. The first-order chi connectivity index (χ1) is 11.6. The molecule has 1 heterocycles.